The Morgan fingerprint density at radius 2 is 1.94 bits per heavy atom. The summed E-state index contributed by atoms with van der Waals surface area (Å²) in [5.74, 6) is 5.58. The van der Waals surface area contributed by atoms with Crippen LogP contribution in [0.15, 0.2) is 24.3 Å². The summed E-state index contributed by atoms with van der Waals surface area (Å²) in [6.45, 7) is 5.02. The predicted octanol–water partition coefficient (Wildman–Crippen LogP) is 2.11. The van der Waals surface area contributed by atoms with Gasteiger partial charge in [-0.15, -0.1) is 0 Å². The number of hydrogen-bond donors (Lipinski definition) is 2. The lowest BCUT2D eigenvalue weighted by atomic mass is 10.1. The first kappa shape index (κ1) is 15.4. The molecule has 1 rings (SSSR count). The van der Waals surface area contributed by atoms with E-state index in [2.05, 4.69) is 5.43 Å². The van der Waals surface area contributed by atoms with Gasteiger partial charge >= 0.3 is 0 Å². The van der Waals surface area contributed by atoms with Crippen LogP contribution in [-0.4, -0.2) is 25.5 Å². The molecule has 18 heavy (non-hydrogen) atoms. The Bertz CT molecular complexity index is 344. The summed E-state index contributed by atoms with van der Waals surface area (Å²) in [5, 5.41) is 0.715. The molecule has 0 aliphatic heterocycles. The van der Waals surface area contributed by atoms with Crippen LogP contribution in [0.5, 0.6) is 0 Å². The summed E-state index contributed by atoms with van der Waals surface area (Å²) in [5.41, 5.74) is 3.84. The quantitative estimate of drug-likeness (QED) is 0.432. The lowest BCUT2D eigenvalue weighted by molar-refractivity contribution is -0.153. The summed E-state index contributed by atoms with van der Waals surface area (Å²) >= 11 is 5.96. The van der Waals surface area contributed by atoms with E-state index in [-0.39, 0.29) is 12.3 Å². The molecular weight excluding hydrogens is 252 g/mol. The van der Waals surface area contributed by atoms with E-state index in [1.54, 1.807) is 0 Å². The molecule has 0 heterocycles. The van der Waals surface area contributed by atoms with Crippen LogP contribution < -0.4 is 11.3 Å². The minimum atomic E-state index is -0.357. The molecule has 4 nitrogen and oxygen atoms in total. The summed E-state index contributed by atoms with van der Waals surface area (Å²) < 4.78 is 11.1. The van der Waals surface area contributed by atoms with Gasteiger partial charge in [0.1, 0.15) is 0 Å². The fourth-order valence-corrected chi connectivity index (χ4v) is 1.97. The van der Waals surface area contributed by atoms with E-state index < -0.39 is 0 Å². The molecule has 1 aromatic carbocycles. The molecule has 0 radical (unpaired) electrons. The van der Waals surface area contributed by atoms with Gasteiger partial charge < -0.3 is 9.47 Å². The van der Waals surface area contributed by atoms with Gasteiger partial charge in [0.15, 0.2) is 6.29 Å². The molecule has 1 unspecified atom stereocenters. The van der Waals surface area contributed by atoms with Crippen molar-refractivity contribution < 1.29 is 9.47 Å². The molecule has 3 N–H and O–H groups in total. The molecule has 5 heteroatoms. The second-order valence-corrected chi connectivity index (χ2v) is 4.32. The molecular formula is C13H21ClN2O2. The summed E-state index contributed by atoms with van der Waals surface area (Å²) in [6.07, 6.45) is 0.339. The zero-order valence-corrected chi connectivity index (χ0v) is 11.6. The Labute approximate surface area is 113 Å². The van der Waals surface area contributed by atoms with Crippen LogP contribution in [0.25, 0.3) is 0 Å². The number of nitrogens with one attached hydrogen (secondary N) is 1. The highest BCUT2D eigenvalue weighted by atomic mass is 35.5. The highest BCUT2D eigenvalue weighted by Crippen LogP contribution is 2.14. The van der Waals surface area contributed by atoms with E-state index in [0.29, 0.717) is 24.7 Å². The van der Waals surface area contributed by atoms with Crippen LogP contribution in [0.2, 0.25) is 5.02 Å². The number of halogens is 1. The van der Waals surface area contributed by atoms with Crippen molar-refractivity contribution in [3.8, 4) is 0 Å². The largest absolute Gasteiger partial charge is 0.351 e. The van der Waals surface area contributed by atoms with Crippen LogP contribution in [0.1, 0.15) is 19.4 Å². The average Bonchev–Trinajstić information content (AvgIpc) is 2.36. The van der Waals surface area contributed by atoms with Crippen LogP contribution >= 0.6 is 11.6 Å². The lowest BCUT2D eigenvalue weighted by Gasteiger charge is -2.26. The molecule has 0 aromatic heterocycles. The maximum absolute atomic E-state index is 5.96. The topological polar surface area (TPSA) is 56.5 Å². The Hall–Kier alpha value is -0.650. The molecule has 0 saturated heterocycles. The monoisotopic (exact) mass is 272 g/mol. The van der Waals surface area contributed by atoms with Crippen molar-refractivity contribution >= 4 is 11.6 Å². The van der Waals surface area contributed by atoms with Crippen LogP contribution in [0.4, 0.5) is 0 Å². The van der Waals surface area contributed by atoms with Gasteiger partial charge in [0.25, 0.3) is 0 Å². The number of hydrogen-bond acceptors (Lipinski definition) is 4. The Kier molecular flexibility index (Phi) is 7.23. The fraction of sp³-hybridized carbons (Fsp3) is 0.538. The first-order chi connectivity index (χ1) is 8.71. The van der Waals surface area contributed by atoms with Gasteiger partial charge in [-0.2, -0.15) is 0 Å². The van der Waals surface area contributed by atoms with Crippen molar-refractivity contribution in [1.29, 1.82) is 0 Å². The number of ether oxygens (including phenoxy) is 2. The van der Waals surface area contributed by atoms with Crippen LogP contribution in [0.3, 0.4) is 0 Å². The second-order valence-electron chi connectivity index (χ2n) is 3.89. The standard InChI is InChI=1S/C13H21ClN2O2/c1-3-17-13(18-4-2)12(16-15)9-10-6-5-7-11(14)8-10/h5-8,12-13,16H,3-4,9,15H2,1-2H3. The van der Waals surface area contributed by atoms with Crippen LogP contribution in [0, 0.1) is 0 Å². The van der Waals surface area contributed by atoms with Gasteiger partial charge in [0, 0.05) is 18.2 Å². The zero-order valence-electron chi connectivity index (χ0n) is 10.9. The minimum absolute atomic E-state index is 0.108. The van der Waals surface area contributed by atoms with E-state index in [9.17, 15) is 0 Å². The summed E-state index contributed by atoms with van der Waals surface area (Å²) in [7, 11) is 0. The van der Waals surface area contributed by atoms with Crippen molar-refractivity contribution in [2.24, 2.45) is 5.84 Å². The Morgan fingerprint density at radius 1 is 1.28 bits per heavy atom. The number of nitrogens with two attached hydrogens (primary N) is 1. The maximum atomic E-state index is 5.96. The molecule has 0 saturated carbocycles. The van der Waals surface area contributed by atoms with Crippen LogP contribution in [-0.2, 0) is 15.9 Å². The predicted molar refractivity (Wildman–Crippen MR) is 73.3 cm³/mol. The molecule has 102 valence electrons. The highest BCUT2D eigenvalue weighted by molar-refractivity contribution is 6.30. The Morgan fingerprint density at radius 3 is 2.44 bits per heavy atom. The third-order valence-corrected chi connectivity index (χ3v) is 2.78. The lowest BCUT2D eigenvalue weighted by Crippen LogP contribution is -2.48. The maximum Gasteiger partial charge on any atom is 0.174 e. The smallest absolute Gasteiger partial charge is 0.174 e. The number of benzene rings is 1. The van der Waals surface area contributed by atoms with Gasteiger partial charge in [-0.25, -0.2) is 0 Å². The van der Waals surface area contributed by atoms with Crippen molar-refractivity contribution in [1.82, 2.24) is 5.43 Å². The third kappa shape index (κ3) is 4.92. The first-order valence-electron chi connectivity index (χ1n) is 6.15. The summed E-state index contributed by atoms with van der Waals surface area (Å²) in [6, 6.07) is 7.58. The normalized spacial score (nSPS) is 12.9. The second kappa shape index (κ2) is 8.45. The SMILES string of the molecule is CCOC(OCC)C(Cc1cccc(Cl)c1)NN. The molecule has 0 aliphatic carbocycles. The van der Waals surface area contributed by atoms with Crippen molar-refractivity contribution in [2.45, 2.75) is 32.6 Å². The third-order valence-electron chi connectivity index (χ3n) is 2.55. The first-order valence-corrected chi connectivity index (χ1v) is 6.52. The number of rotatable bonds is 8. The molecule has 0 spiro atoms. The molecule has 1 atom stereocenters. The molecule has 0 bridgehead atoms. The van der Waals surface area contributed by atoms with Gasteiger partial charge in [-0.05, 0) is 38.0 Å². The minimum Gasteiger partial charge on any atom is -0.351 e. The van der Waals surface area contributed by atoms with Crippen molar-refractivity contribution in [2.75, 3.05) is 13.2 Å². The molecule has 0 aliphatic rings. The fourth-order valence-electron chi connectivity index (χ4n) is 1.76. The highest BCUT2D eigenvalue weighted by Gasteiger charge is 2.21. The molecule has 0 amide bonds. The molecule has 1 aromatic rings. The van der Waals surface area contributed by atoms with Gasteiger partial charge in [-0.1, -0.05) is 23.7 Å². The van der Waals surface area contributed by atoms with Gasteiger partial charge in [0.2, 0.25) is 0 Å². The summed E-state index contributed by atoms with van der Waals surface area (Å²) in [4.78, 5) is 0. The van der Waals surface area contributed by atoms with Gasteiger partial charge in [-0.3, -0.25) is 11.3 Å². The molecule has 0 fully saturated rings. The van der Waals surface area contributed by atoms with Crippen molar-refractivity contribution in [3.05, 3.63) is 34.9 Å². The van der Waals surface area contributed by atoms with E-state index in [1.807, 2.05) is 38.1 Å². The average molecular weight is 273 g/mol. The Balaban J connectivity index is 2.69. The van der Waals surface area contributed by atoms with Crippen molar-refractivity contribution in [3.63, 3.8) is 0 Å². The number of hydrazine groups is 1. The van der Waals surface area contributed by atoms with E-state index in [0.717, 1.165) is 5.56 Å². The van der Waals surface area contributed by atoms with E-state index >= 15 is 0 Å². The van der Waals surface area contributed by atoms with Gasteiger partial charge in [0.05, 0.1) is 6.04 Å². The van der Waals surface area contributed by atoms with E-state index in [4.69, 9.17) is 26.9 Å². The van der Waals surface area contributed by atoms with E-state index in [1.165, 1.54) is 0 Å². The zero-order chi connectivity index (χ0) is 13.4.